The Balaban J connectivity index is 1.63. The SMILES string of the molecule is O=C(NCc1ccc(C(F)(F)F)cc1)C1=CN2CCS(=O)(=O)N=C2C=C1. The minimum Gasteiger partial charge on any atom is -0.348 e. The Morgan fingerprint density at radius 1 is 1.19 bits per heavy atom. The summed E-state index contributed by atoms with van der Waals surface area (Å²) in [6.07, 6.45) is -0.0295. The fraction of sp³-hybridized carbons (Fsp3) is 0.250. The summed E-state index contributed by atoms with van der Waals surface area (Å²) < 4.78 is 64.1. The van der Waals surface area contributed by atoms with E-state index in [1.807, 2.05) is 0 Å². The number of fused-ring (bicyclic) bond motifs is 1. The standard InChI is InChI=1S/C16H14F3N3O3S/c17-16(18,19)13-4-1-11(2-5-13)9-20-15(23)12-3-6-14-21-26(24,25)8-7-22(14)10-12/h1-6,10H,7-9H2,(H,20,23). The Hall–Kier alpha value is -2.62. The highest BCUT2D eigenvalue weighted by atomic mass is 32.2. The average molecular weight is 385 g/mol. The van der Waals surface area contributed by atoms with Crippen molar-refractivity contribution in [1.82, 2.24) is 10.2 Å². The Morgan fingerprint density at radius 2 is 1.88 bits per heavy atom. The molecule has 0 atom stereocenters. The molecule has 6 nitrogen and oxygen atoms in total. The van der Waals surface area contributed by atoms with Gasteiger partial charge in [0.15, 0.2) is 0 Å². The van der Waals surface area contributed by atoms with Gasteiger partial charge in [-0.15, -0.1) is 4.40 Å². The molecule has 1 aromatic carbocycles. The first-order chi connectivity index (χ1) is 12.1. The minimum absolute atomic E-state index is 0.0669. The van der Waals surface area contributed by atoms with Crippen LogP contribution in [0.3, 0.4) is 0 Å². The van der Waals surface area contributed by atoms with Crippen molar-refractivity contribution in [3.05, 3.63) is 59.3 Å². The molecule has 0 spiro atoms. The van der Waals surface area contributed by atoms with Crippen LogP contribution in [0.4, 0.5) is 13.2 Å². The lowest BCUT2D eigenvalue weighted by atomic mass is 10.1. The van der Waals surface area contributed by atoms with Crippen LogP contribution >= 0.6 is 0 Å². The third-order valence-corrected chi connectivity index (χ3v) is 4.98. The van der Waals surface area contributed by atoms with Crippen molar-refractivity contribution < 1.29 is 26.4 Å². The number of carbonyl (C=O) groups is 1. The van der Waals surface area contributed by atoms with Gasteiger partial charge in [-0.3, -0.25) is 4.79 Å². The molecule has 0 aliphatic carbocycles. The van der Waals surface area contributed by atoms with E-state index in [0.717, 1.165) is 12.1 Å². The van der Waals surface area contributed by atoms with Crippen molar-refractivity contribution in [2.45, 2.75) is 12.7 Å². The molecule has 1 N–H and O–H groups in total. The molecule has 2 aliphatic heterocycles. The van der Waals surface area contributed by atoms with Gasteiger partial charge in [-0.05, 0) is 29.8 Å². The molecule has 10 heteroatoms. The van der Waals surface area contributed by atoms with E-state index in [9.17, 15) is 26.4 Å². The van der Waals surface area contributed by atoms with Gasteiger partial charge in [-0.2, -0.15) is 13.2 Å². The van der Waals surface area contributed by atoms with Gasteiger partial charge < -0.3 is 10.2 Å². The maximum absolute atomic E-state index is 12.5. The number of carbonyl (C=O) groups excluding carboxylic acids is 1. The summed E-state index contributed by atoms with van der Waals surface area (Å²) in [4.78, 5) is 13.8. The van der Waals surface area contributed by atoms with Gasteiger partial charge >= 0.3 is 6.18 Å². The van der Waals surface area contributed by atoms with Crippen LogP contribution in [0.1, 0.15) is 11.1 Å². The van der Waals surface area contributed by atoms with Crippen LogP contribution in [0.25, 0.3) is 0 Å². The molecule has 0 aromatic heterocycles. The van der Waals surface area contributed by atoms with Crippen LogP contribution < -0.4 is 5.32 Å². The van der Waals surface area contributed by atoms with Crippen LogP contribution in [-0.2, 0) is 27.5 Å². The first-order valence-electron chi connectivity index (χ1n) is 7.58. The number of amidine groups is 1. The number of hydrogen-bond acceptors (Lipinski definition) is 4. The van der Waals surface area contributed by atoms with E-state index in [1.165, 1.54) is 30.5 Å². The molecule has 0 unspecified atom stereocenters. The number of halogens is 3. The van der Waals surface area contributed by atoms with Crippen molar-refractivity contribution >= 4 is 21.8 Å². The lowest BCUT2D eigenvalue weighted by Gasteiger charge is -2.26. The molecule has 2 heterocycles. The number of rotatable bonds is 3. The summed E-state index contributed by atoms with van der Waals surface area (Å²) in [6, 6.07) is 4.51. The van der Waals surface area contributed by atoms with Crippen LogP contribution in [0, 0.1) is 0 Å². The van der Waals surface area contributed by atoms with Gasteiger partial charge in [0.25, 0.3) is 15.9 Å². The fourth-order valence-electron chi connectivity index (χ4n) is 2.43. The Bertz CT molecular complexity index is 916. The zero-order chi connectivity index (χ0) is 18.9. The second kappa shape index (κ2) is 6.60. The number of nitrogens with zero attached hydrogens (tertiary/aromatic N) is 2. The maximum Gasteiger partial charge on any atom is 0.416 e. The quantitative estimate of drug-likeness (QED) is 0.861. The molecule has 0 bridgehead atoms. The highest BCUT2D eigenvalue weighted by molar-refractivity contribution is 7.90. The van der Waals surface area contributed by atoms with E-state index in [0.29, 0.717) is 11.1 Å². The maximum atomic E-state index is 12.5. The number of amides is 1. The molecule has 0 saturated carbocycles. The number of sulfonamides is 1. The van der Waals surface area contributed by atoms with E-state index in [1.54, 1.807) is 4.90 Å². The smallest absolute Gasteiger partial charge is 0.348 e. The monoisotopic (exact) mass is 385 g/mol. The number of benzene rings is 1. The predicted octanol–water partition coefficient (Wildman–Crippen LogP) is 1.82. The van der Waals surface area contributed by atoms with E-state index in [4.69, 9.17) is 0 Å². The van der Waals surface area contributed by atoms with Crippen molar-refractivity contribution in [2.75, 3.05) is 12.3 Å². The molecule has 1 aromatic rings. The van der Waals surface area contributed by atoms with Gasteiger partial charge in [-0.1, -0.05) is 12.1 Å². The van der Waals surface area contributed by atoms with Gasteiger partial charge in [0.1, 0.15) is 5.84 Å². The summed E-state index contributed by atoms with van der Waals surface area (Å²) in [5.41, 5.74) is 0.0746. The summed E-state index contributed by atoms with van der Waals surface area (Å²) in [5, 5.41) is 2.61. The topological polar surface area (TPSA) is 78.8 Å². The Kier molecular flexibility index (Phi) is 4.61. The van der Waals surface area contributed by atoms with Gasteiger partial charge in [0.2, 0.25) is 0 Å². The summed E-state index contributed by atoms with van der Waals surface area (Å²) in [5.74, 6) is -0.314. The molecular weight excluding hydrogens is 371 g/mol. The van der Waals surface area contributed by atoms with Crippen LogP contribution in [0.2, 0.25) is 0 Å². The summed E-state index contributed by atoms with van der Waals surface area (Å²) in [6.45, 7) is 0.263. The predicted molar refractivity (Wildman–Crippen MR) is 88.4 cm³/mol. The molecule has 0 radical (unpaired) electrons. The summed E-state index contributed by atoms with van der Waals surface area (Å²) >= 11 is 0. The van der Waals surface area contributed by atoms with Crippen LogP contribution in [0.5, 0.6) is 0 Å². The number of nitrogens with one attached hydrogen (secondary N) is 1. The molecule has 1 amide bonds. The molecule has 0 saturated heterocycles. The third kappa shape index (κ3) is 4.13. The second-order valence-electron chi connectivity index (χ2n) is 5.72. The van der Waals surface area contributed by atoms with Crippen LogP contribution in [-0.4, -0.2) is 37.4 Å². The fourth-order valence-corrected chi connectivity index (χ4v) is 3.40. The Morgan fingerprint density at radius 3 is 2.54 bits per heavy atom. The van der Waals surface area contributed by atoms with E-state index in [2.05, 4.69) is 9.71 Å². The minimum atomic E-state index is -4.40. The Labute approximate surface area is 147 Å². The molecule has 3 rings (SSSR count). The number of hydrogen-bond donors (Lipinski definition) is 1. The van der Waals surface area contributed by atoms with Gasteiger partial charge in [0, 0.05) is 19.3 Å². The van der Waals surface area contributed by atoms with E-state index < -0.39 is 27.7 Å². The van der Waals surface area contributed by atoms with Crippen molar-refractivity contribution in [3.8, 4) is 0 Å². The molecule has 138 valence electrons. The van der Waals surface area contributed by atoms with E-state index >= 15 is 0 Å². The molecule has 2 aliphatic rings. The van der Waals surface area contributed by atoms with Crippen molar-refractivity contribution in [3.63, 3.8) is 0 Å². The van der Waals surface area contributed by atoms with Gasteiger partial charge in [0.05, 0.1) is 16.9 Å². The van der Waals surface area contributed by atoms with Gasteiger partial charge in [-0.25, -0.2) is 8.42 Å². The second-order valence-corrected chi connectivity index (χ2v) is 7.48. The highest BCUT2D eigenvalue weighted by Crippen LogP contribution is 2.29. The molecular formula is C16H14F3N3O3S. The number of alkyl halides is 3. The lowest BCUT2D eigenvalue weighted by Crippen LogP contribution is -2.38. The zero-order valence-electron chi connectivity index (χ0n) is 13.3. The largest absolute Gasteiger partial charge is 0.416 e. The van der Waals surface area contributed by atoms with Crippen molar-refractivity contribution in [1.29, 1.82) is 0 Å². The van der Waals surface area contributed by atoms with Crippen molar-refractivity contribution in [2.24, 2.45) is 4.40 Å². The zero-order valence-corrected chi connectivity index (χ0v) is 14.1. The summed E-state index contributed by atoms with van der Waals surface area (Å²) in [7, 11) is -3.47. The molecule has 0 fully saturated rings. The lowest BCUT2D eigenvalue weighted by molar-refractivity contribution is -0.137. The normalized spacial score (nSPS) is 18.7. The molecule has 26 heavy (non-hydrogen) atoms. The average Bonchev–Trinajstić information content (AvgIpc) is 2.58. The van der Waals surface area contributed by atoms with Crippen LogP contribution in [0.15, 0.2) is 52.6 Å². The van der Waals surface area contributed by atoms with E-state index in [-0.39, 0.29) is 24.7 Å². The highest BCUT2D eigenvalue weighted by Gasteiger charge is 2.30. The first-order valence-corrected chi connectivity index (χ1v) is 9.18. The third-order valence-electron chi connectivity index (χ3n) is 3.82. The first kappa shape index (κ1) is 18.2.